The van der Waals surface area contributed by atoms with Gasteiger partial charge in [-0.05, 0) is 32.4 Å². The lowest BCUT2D eigenvalue weighted by molar-refractivity contribution is -0.149. The van der Waals surface area contributed by atoms with E-state index in [-0.39, 0.29) is 23.8 Å². The zero-order valence-electron chi connectivity index (χ0n) is 14.0. The molecular weight excluding hydrogens is 324 g/mol. The van der Waals surface area contributed by atoms with Gasteiger partial charge in [0.15, 0.2) is 11.9 Å². The first kappa shape index (κ1) is 16.8. The van der Waals surface area contributed by atoms with Crippen LogP contribution in [0.4, 0.5) is 0 Å². The summed E-state index contributed by atoms with van der Waals surface area (Å²) in [4.78, 5) is 35.1. The minimum Gasteiger partial charge on any atom is -0.453 e. The molecule has 25 heavy (non-hydrogen) atoms. The van der Waals surface area contributed by atoms with Crippen LogP contribution in [0.3, 0.4) is 0 Å². The van der Waals surface area contributed by atoms with Gasteiger partial charge in [-0.15, -0.1) is 0 Å². The maximum absolute atomic E-state index is 12.0. The van der Waals surface area contributed by atoms with Crippen molar-refractivity contribution in [3.05, 3.63) is 52.2 Å². The number of rotatable bonds is 6. The summed E-state index contributed by atoms with van der Waals surface area (Å²) in [7, 11) is 0. The molecule has 0 saturated heterocycles. The number of H-pyrrole nitrogens is 1. The number of ether oxygens (including phenoxy) is 1. The molecule has 3 aromatic rings. The van der Waals surface area contributed by atoms with Crippen LogP contribution < -0.4 is 5.56 Å². The average Bonchev–Trinajstić information content (AvgIpc) is 3.01. The molecule has 0 amide bonds. The molecule has 0 saturated carbocycles. The van der Waals surface area contributed by atoms with Gasteiger partial charge in [0.2, 0.25) is 0 Å². The summed E-state index contributed by atoms with van der Waals surface area (Å²) in [5, 5.41) is 4.21. The molecule has 0 fully saturated rings. The van der Waals surface area contributed by atoms with Gasteiger partial charge in [-0.2, -0.15) is 4.98 Å². The maximum atomic E-state index is 12.0. The molecule has 0 bridgehead atoms. The molecule has 8 nitrogen and oxygen atoms in total. The summed E-state index contributed by atoms with van der Waals surface area (Å²) in [6.07, 6.45) is 0.597. The Bertz CT molecular complexity index is 947. The molecule has 0 spiro atoms. The van der Waals surface area contributed by atoms with Gasteiger partial charge in [0.25, 0.3) is 11.4 Å². The predicted molar refractivity (Wildman–Crippen MR) is 88.8 cm³/mol. The highest BCUT2D eigenvalue weighted by atomic mass is 16.6. The van der Waals surface area contributed by atoms with Crippen LogP contribution in [0, 0.1) is 6.92 Å². The fourth-order valence-electron chi connectivity index (χ4n) is 2.44. The van der Waals surface area contributed by atoms with Crippen molar-refractivity contribution in [1.82, 2.24) is 20.1 Å². The second-order valence-corrected chi connectivity index (χ2v) is 5.70. The number of hydrogen-bond acceptors (Lipinski definition) is 7. The van der Waals surface area contributed by atoms with Crippen LogP contribution in [0.5, 0.6) is 0 Å². The molecule has 0 aliphatic rings. The van der Waals surface area contributed by atoms with Crippen LogP contribution in [0.15, 0.2) is 33.6 Å². The second-order valence-electron chi connectivity index (χ2n) is 5.70. The van der Waals surface area contributed by atoms with Crippen LogP contribution in [0.25, 0.3) is 10.9 Å². The number of nitrogens with one attached hydrogen (secondary N) is 1. The van der Waals surface area contributed by atoms with Crippen LogP contribution in [0.2, 0.25) is 0 Å². The van der Waals surface area contributed by atoms with Gasteiger partial charge < -0.3 is 14.2 Å². The number of carbonyl (C=O) groups is 1. The van der Waals surface area contributed by atoms with Gasteiger partial charge in [-0.1, -0.05) is 17.3 Å². The lowest BCUT2D eigenvalue weighted by Crippen LogP contribution is -2.13. The summed E-state index contributed by atoms with van der Waals surface area (Å²) >= 11 is 0. The van der Waals surface area contributed by atoms with Gasteiger partial charge in [0.05, 0.1) is 10.9 Å². The molecule has 0 aliphatic heterocycles. The van der Waals surface area contributed by atoms with Crippen molar-refractivity contribution in [2.24, 2.45) is 0 Å². The zero-order valence-corrected chi connectivity index (χ0v) is 14.0. The van der Waals surface area contributed by atoms with Crippen LogP contribution in [-0.2, 0) is 16.0 Å². The molecule has 0 radical (unpaired) electrons. The first-order valence-electron chi connectivity index (χ1n) is 8.00. The topological polar surface area (TPSA) is 111 Å². The van der Waals surface area contributed by atoms with E-state index in [1.54, 1.807) is 32.0 Å². The number of nitrogens with zero attached hydrogens (tertiary/aromatic N) is 3. The number of carbonyl (C=O) groups excluding carboxylic acids is 1. The Hall–Kier alpha value is -3.03. The van der Waals surface area contributed by atoms with Crippen molar-refractivity contribution in [2.75, 3.05) is 0 Å². The van der Waals surface area contributed by atoms with E-state index in [1.165, 1.54) is 0 Å². The Morgan fingerprint density at radius 1 is 1.32 bits per heavy atom. The van der Waals surface area contributed by atoms with Crippen LogP contribution in [-0.4, -0.2) is 26.1 Å². The summed E-state index contributed by atoms with van der Waals surface area (Å²) in [5.41, 5.74) is 0.466. The molecule has 8 heteroatoms. The quantitative estimate of drug-likeness (QED) is 0.684. The number of hydrogen-bond donors (Lipinski definition) is 1. The molecule has 130 valence electrons. The number of aryl methyl sites for hydroxylation is 2. The Morgan fingerprint density at radius 2 is 2.12 bits per heavy atom. The maximum Gasteiger partial charge on any atom is 0.306 e. The molecule has 2 aromatic heterocycles. The lowest BCUT2D eigenvalue weighted by Gasteiger charge is -2.09. The van der Waals surface area contributed by atoms with E-state index in [1.807, 2.05) is 6.07 Å². The number of fused-ring (bicyclic) bond motifs is 1. The van der Waals surface area contributed by atoms with Crippen molar-refractivity contribution in [2.45, 2.75) is 39.2 Å². The predicted octanol–water partition coefficient (Wildman–Crippen LogP) is 2.24. The first-order valence-corrected chi connectivity index (χ1v) is 8.00. The minimum atomic E-state index is -0.590. The van der Waals surface area contributed by atoms with Gasteiger partial charge in [-0.25, -0.2) is 4.98 Å². The van der Waals surface area contributed by atoms with Crippen molar-refractivity contribution >= 4 is 16.9 Å². The Labute approximate surface area is 143 Å². The Kier molecular flexibility index (Phi) is 4.87. The van der Waals surface area contributed by atoms with E-state index in [0.717, 1.165) is 0 Å². The minimum absolute atomic E-state index is 0.177. The van der Waals surface area contributed by atoms with E-state index in [4.69, 9.17) is 9.26 Å². The highest BCUT2D eigenvalue weighted by Crippen LogP contribution is 2.15. The normalized spacial score (nSPS) is 12.2. The molecule has 1 N–H and O–H groups in total. The summed E-state index contributed by atoms with van der Waals surface area (Å²) in [6.45, 7) is 3.37. The van der Waals surface area contributed by atoms with Gasteiger partial charge in [-0.3, -0.25) is 9.59 Å². The molecule has 1 atom stereocenters. The smallest absolute Gasteiger partial charge is 0.306 e. The third-order valence-corrected chi connectivity index (χ3v) is 3.66. The van der Waals surface area contributed by atoms with Crippen LogP contribution >= 0.6 is 0 Å². The molecule has 3 rings (SSSR count). The Morgan fingerprint density at radius 3 is 2.88 bits per heavy atom. The zero-order chi connectivity index (χ0) is 17.8. The SMILES string of the molecule is Cc1noc(C(C)OC(=O)CCCc2nc3ccccc3c(=O)[nH]2)n1. The van der Waals surface area contributed by atoms with Gasteiger partial charge in [0, 0.05) is 12.8 Å². The number of benzene rings is 1. The van der Waals surface area contributed by atoms with E-state index >= 15 is 0 Å². The highest BCUT2D eigenvalue weighted by Gasteiger charge is 2.17. The van der Waals surface area contributed by atoms with E-state index in [2.05, 4.69) is 20.1 Å². The van der Waals surface area contributed by atoms with Crippen molar-refractivity contribution in [3.63, 3.8) is 0 Å². The third kappa shape index (κ3) is 4.09. The van der Waals surface area contributed by atoms with E-state index in [0.29, 0.717) is 35.4 Å². The van der Waals surface area contributed by atoms with Crippen molar-refractivity contribution < 1.29 is 14.1 Å². The second kappa shape index (κ2) is 7.25. The fraction of sp³-hybridized carbons (Fsp3) is 0.353. The number of aromatic nitrogens is 4. The van der Waals surface area contributed by atoms with Gasteiger partial charge in [0.1, 0.15) is 5.82 Å². The van der Waals surface area contributed by atoms with Crippen LogP contribution in [0.1, 0.15) is 43.4 Å². The lowest BCUT2D eigenvalue weighted by atomic mass is 10.2. The molecule has 1 aromatic carbocycles. The molecular formula is C17H18N4O4. The summed E-state index contributed by atoms with van der Waals surface area (Å²) < 4.78 is 10.2. The first-order chi connectivity index (χ1) is 12.0. The van der Waals surface area contributed by atoms with Crippen molar-refractivity contribution in [3.8, 4) is 0 Å². The number of aromatic amines is 1. The number of para-hydroxylation sites is 1. The molecule has 2 heterocycles. The monoisotopic (exact) mass is 342 g/mol. The summed E-state index contributed by atoms with van der Waals surface area (Å²) in [6, 6.07) is 7.14. The van der Waals surface area contributed by atoms with E-state index in [9.17, 15) is 9.59 Å². The fourth-order valence-corrected chi connectivity index (χ4v) is 2.44. The molecule has 1 unspecified atom stereocenters. The number of esters is 1. The standard InChI is InChI=1S/C17H18N4O4/c1-10(17-18-11(2)21-25-17)24-15(22)9-5-8-14-19-13-7-4-3-6-12(13)16(23)20-14/h3-4,6-7,10H,5,8-9H2,1-2H3,(H,19,20,23). The largest absolute Gasteiger partial charge is 0.453 e. The highest BCUT2D eigenvalue weighted by molar-refractivity contribution is 5.77. The van der Waals surface area contributed by atoms with Gasteiger partial charge >= 0.3 is 5.97 Å². The Balaban J connectivity index is 1.54. The summed E-state index contributed by atoms with van der Waals surface area (Å²) in [5.74, 6) is 0.944. The molecule has 0 aliphatic carbocycles. The average molecular weight is 342 g/mol. The van der Waals surface area contributed by atoms with Crippen molar-refractivity contribution in [1.29, 1.82) is 0 Å². The van der Waals surface area contributed by atoms with E-state index < -0.39 is 6.10 Å². The third-order valence-electron chi connectivity index (χ3n) is 3.66.